The lowest BCUT2D eigenvalue weighted by atomic mass is 10.0. The number of hydrogen-bond acceptors (Lipinski definition) is 2. The van der Waals surface area contributed by atoms with E-state index in [1.54, 1.807) is 0 Å². The summed E-state index contributed by atoms with van der Waals surface area (Å²) in [6.45, 7) is 0. The summed E-state index contributed by atoms with van der Waals surface area (Å²) in [4.78, 5) is 0. The van der Waals surface area contributed by atoms with E-state index in [1.165, 1.54) is 5.56 Å². The van der Waals surface area contributed by atoms with Crippen molar-refractivity contribution in [3.63, 3.8) is 0 Å². The average Bonchev–Trinajstić information content (AvgIpc) is 3.23. The fourth-order valence-corrected chi connectivity index (χ4v) is 2.93. The summed E-state index contributed by atoms with van der Waals surface area (Å²) in [5.74, 6) is 0.698. The second kappa shape index (κ2) is 5.58. The van der Waals surface area contributed by atoms with Crippen molar-refractivity contribution in [2.45, 2.75) is 12.3 Å². The van der Waals surface area contributed by atoms with E-state index >= 15 is 0 Å². The predicted octanol–water partition coefficient (Wildman–Crippen LogP) is 5.08. The molecule has 2 atom stereocenters. The molecule has 1 N–H and O–H groups in total. The van der Waals surface area contributed by atoms with Crippen LogP contribution in [0.3, 0.4) is 0 Å². The molecule has 0 radical (unpaired) electrons. The van der Waals surface area contributed by atoms with E-state index < -0.39 is 0 Å². The molecule has 2 nitrogen and oxygen atoms in total. The van der Waals surface area contributed by atoms with Gasteiger partial charge < -0.3 is 5.21 Å². The summed E-state index contributed by atoms with van der Waals surface area (Å²) in [5.41, 5.74) is 2.98. The number of halogens is 2. The molecule has 0 aliphatic heterocycles. The minimum atomic E-state index is 0.280. The van der Waals surface area contributed by atoms with E-state index in [2.05, 4.69) is 21.1 Å². The molecular weight excluding hydrogens is 338 g/mol. The molecule has 0 heterocycles. The first-order chi connectivity index (χ1) is 9.69. The molecule has 1 aliphatic rings. The molecule has 0 spiro atoms. The molecule has 0 unspecified atom stereocenters. The van der Waals surface area contributed by atoms with Crippen molar-refractivity contribution >= 4 is 33.2 Å². The molecule has 0 amide bonds. The molecule has 1 aliphatic carbocycles. The molecule has 102 valence electrons. The van der Waals surface area contributed by atoms with Crippen LogP contribution in [-0.4, -0.2) is 10.9 Å². The molecular formula is C16H13BrClNO. The zero-order chi connectivity index (χ0) is 14.1. The van der Waals surface area contributed by atoms with Gasteiger partial charge in [-0.1, -0.05) is 57.0 Å². The predicted molar refractivity (Wildman–Crippen MR) is 84.8 cm³/mol. The van der Waals surface area contributed by atoms with Gasteiger partial charge in [0.2, 0.25) is 0 Å². The Morgan fingerprint density at radius 3 is 2.35 bits per heavy atom. The Morgan fingerprint density at radius 1 is 1.10 bits per heavy atom. The summed E-state index contributed by atoms with van der Waals surface area (Å²) in [6.07, 6.45) is 1.01. The molecule has 1 saturated carbocycles. The van der Waals surface area contributed by atoms with Crippen molar-refractivity contribution in [2.75, 3.05) is 0 Å². The van der Waals surface area contributed by atoms with E-state index in [0.717, 1.165) is 27.2 Å². The minimum absolute atomic E-state index is 0.280. The Morgan fingerprint density at radius 2 is 1.75 bits per heavy atom. The highest BCUT2D eigenvalue weighted by atomic mass is 79.9. The molecule has 0 saturated heterocycles. The highest BCUT2D eigenvalue weighted by molar-refractivity contribution is 9.10. The van der Waals surface area contributed by atoms with Crippen molar-refractivity contribution in [1.29, 1.82) is 0 Å². The van der Waals surface area contributed by atoms with Crippen LogP contribution >= 0.6 is 27.5 Å². The Kier molecular flexibility index (Phi) is 3.81. The summed E-state index contributed by atoms with van der Waals surface area (Å²) in [6, 6.07) is 15.8. The Bertz CT molecular complexity index is 637. The molecule has 4 heteroatoms. The monoisotopic (exact) mass is 349 g/mol. The summed E-state index contributed by atoms with van der Waals surface area (Å²) < 4.78 is 1.02. The normalized spacial score (nSPS) is 21.8. The SMILES string of the molecule is O/N=C(/c1ccc(Br)cc1)[C@@H]1C[C@H]1c1ccc(Cl)cc1. The molecule has 0 aromatic heterocycles. The van der Waals surface area contributed by atoms with Gasteiger partial charge >= 0.3 is 0 Å². The van der Waals surface area contributed by atoms with Crippen molar-refractivity contribution in [2.24, 2.45) is 11.1 Å². The van der Waals surface area contributed by atoms with Crippen LogP contribution in [-0.2, 0) is 0 Å². The lowest BCUT2D eigenvalue weighted by Crippen LogP contribution is -2.05. The van der Waals surface area contributed by atoms with E-state index in [4.69, 9.17) is 11.6 Å². The second-order valence-corrected chi connectivity index (χ2v) is 6.34. The molecule has 1 fully saturated rings. The van der Waals surface area contributed by atoms with Crippen LogP contribution in [0.2, 0.25) is 5.02 Å². The Labute approximate surface area is 131 Å². The molecule has 0 bridgehead atoms. The van der Waals surface area contributed by atoms with Crippen LogP contribution < -0.4 is 0 Å². The van der Waals surface area contributed by atoms with Gasteiger partial charge in [-0.25, -0.2) is 0 Å². The van der Waals surface area contributed by atoms with Crippen LogP contribution in [0.4, 0.5) is 0 Å². The first-order valence-electron chi connectivity index (χ1n) is 6.42. The number of hydrogen-bond donors (Lipinski definition) is 1. The van der Waals surface area contributed by atoms with Crippen LogP contribution in [0.25, 0.3) is 0 Å². The smallest absolute Gasteiger partial charge is 0.0904 e. The fourth-order valence-electron chi connectivity index (χ4n) is 2.54. The summed E-state index contributed by atoms with van der Waals surface area (Å²) >= 11 is 9.32. The molecule has 2 aromatic rings. The number of oxime groups is 1. The first-order valence-corrected chi connectivity index (χ1v) is 7.59. The summed E-state index contributed by atoms with van der Waals surface area (Å²) in [5, 5.41) is 13.6. The maximum atomic E-state index is 9.32. The van der Waals surface area contributed by atoms with Crippen LogP contribution in [0.15, 0.2) is 58.2 Å². The summed E-state index contributed by atoms with van der Waals surface area (Å²) in [7, 11) is 0. The molecule has 3 rings (SSSR count). The van der Waals surface area contributed by atoms with Crippen LogP contribution in [0.5, 0.6) is 0 Å². The van der Waals surface area contributed by atoms with Crippen molar-refractivity contribution in [1.82, 2.24) is 0 Å². The van der Waals surface area contributed by atoms with Gasteiger partial charge in [0, 0.05) is 15.4 Å². The van der Waals surface area contributed by atoms with E-state index in [0.29, 0.717) is 5.92 Å². The molecule has 2 aromatic carbocycles. The van der Waals surface area contributed by atoms with E-state index in [1.807, 2.05) is 48.5 Å². The maximum absolute atomic E-state index is 9.32. The third-order valence-corrected chi connectivity index (χ3v) is 4.47. The zero-order valence-electron chi connectivity index (χ0n) is 10.6. The first kappa shape index (κ1) is 13.7. The number of benzene rings is 2. The van der Waals surface area contributed by atoms with Gasteiger partial charge in [-0.3, -0.25) is 0 Å². The topological polar surface area (TPSA) is 32.6 Å². The minimum Gasteiger partial charge on any atom is -0.411 e. The quantitative estimate of drug-likeness (QED) is 0.467. The largest absolute Gasteiger partial charge is 0.411 e. The van der Waals surface area contributed by atoms with Crippen molar-refractivity contribution in [3.8, 4) is 0 Å². The van der Waals surface area contributed by atoms with E-state index in [-0.39, 0.29) is 5.92 Å². The Balaban J connectivity index is 1.80. The van der Waals surface area contributed by atoms with Gasteiger partial charge in [-0.15, -0.1) is 0 Å². The standard InChI is InChI=1S/C16H13BrClNO/c17-12-5-1-11(2-6-12)16(19-20)15-9-14(15)10-3-7-13(18)8-4-10/h1-8,14-15,20H,9H2/b19-16-/t14-,15+/m0/s1. The van der Waals surface area contributed by atoms with E-state index in [9.17, 15) is 5.21 Å². The van der Waals surface area contributed by atoms with Crippen molar-refractivity contribution in [3.05, 3.63) is 69.2 Å². The zero-order valence-corrected chi connectivity index (χ0v) is 13.0. The third kappa shape index (κ3) is 2.74. The van der Waals surface area contributed by atoms with Gasteiger partial charge in [-0.05, 0) is 47.7 Å². The average molecular weight is 351 g/mol. The number of rotatable bonds is 3. The van der Waals surface area contributed by atoms with Crippen molar-refractivity contribution < 1.29 is 5.21 Å². The molecule has 20 heavy (non-hydrogen) atoms. The van der Waals surface area contributed by atoms with Crippen LogP contribution in [0.1, 0.15) is 23.5 Å². The lowest BCUT2D eigenvalue weighted by Gasteiger charge is -2.05. The maximum Gasteiger partial charge on any atom is 0.0904 e. The van der Waals surface area contributed by atoms with Gasteiger partial charge in [0.1, 0.15) is 0 Å². The highest BCUT2D eigenvalue weighted by Crippen LogP contribution is 2.49. The second-order valence-electron chi connectivity index (χ2n) is 4.99. The van der Waals surface area contributed by atoms with Gasteiger partial charge in [0.25, 0.3) is 0 Å². The fraction of sp³-hybridized carbons (Fsp3) is 0.188. The lowest BCUT2D eigenvalue weighted by molar-refractivity contribution is 0.317. The number of nitrogens with zero attached hydrogens (tertiary/aromatic N) is 1. The highest BCUT2D eigenvalue weighted by Gasteiger charge is 2.42. The third-order valence-electron chi connectivity index (χ3n) is 3.69. The Hall–Kier alpha value is -1.32. The van der Waals surface area contributed by atoms with Gasteiger partial charge in [-0.2, -0.15) is 0 Å². The van der Waals surface area contributed by atoms with Crippen LogP contribution in [0, 0.1) is 5.92 Å². The van der Waals surface area contributed by atoms with Gasteiger partial charge in [0.15, 0.2) is 0 Å². The van der Waals surface area contributed by atoms with Gasteiger partial charge in [0.05, 0.1) is 5.71 Å².